The number of hydrogen-bond acceptors (Lipinski definition) is 7. The minimum Gasteiger partial charge on any atom is -0.508 e. The Kier molecular flexibility index (Phi) is 15.1. The fraction of sp³-hybridized carbons (Fsp3) is 0.200. The minimum absolute atomic E-state index is 0. The van der Waals surface area contributed by atoms with E-state index >= 15 is 0 Å². The molecule has 0 bridgehead atoms. The molecule has 0 amide bonds. The van der Waals surface area contributed by atoms with E-state index in [1.807, 2.05) is 0 Å². The van der Waals surface area contributed by atoms with Crippen LogP contribution in [0.1, 0.15) is 41.5 Å². The molecule has 7 heteroatoms. The summed E-state index contributed by atoms with van der Waals surface area (Å²) < 4.78 is 4.91. The first-order valence-corrected chi connectivity index (χ1v) is 7.46. The second-order valence-electron chi connectivity index (χ2n) is 4.54. The van der Waals surface area contributed by atoms with Crippen molar-refractivity contribution in [3.05, 3.63) is 59.7 Å². The highest BCUT2D eigenvalue weighted by atomic mass is 16.5. The van der Waals surface area contributed by atoms with Gasteiger partial charge in [0.1, 0.15) is 24.1 Å². The normalized spacial score (nSPS) is 8.07. The van der Waals surface area contributed by atoms with Gasteiger partial charge in [0.25, 0.3) is 0 Å². The van der Waals surface area contributed by atoms with Crippen LogP contribution in [0.15, 0.2) is 53.5 Å². The van der Waals surface area contributed by atoms with Crippen molar-refractivity contribution in [2.24, 2.45) is 4.99 Å². The summed E-state index contributed by atoms with van der Waals surface area (Å²) in [7, 11) is 1.38. The van der Waals surface area contributed by atoms with Gasteiger partial charge >= 0.3 is 5.97 Å². The average molecular weight is 373 g/mol. The Morgan fingerprint density at radius 1 is 1.04 bits per heavy atom. The average Bonchev–Trinajstić information content (AvgIpc) is 2.69. The van der Waals surface area contributed by atoms with E-state index in [4.69, 9.17) is 14.6 Å². The maximum Gasteiger partial charge on any atom is 0.310 e. The molecule has 0 fully saturated rings. The van der Waals surface area contributed by atoms with Gasteiger partial charge in [0.05, 0.1) is 0 Å². The molecule has 0 saturated heterocycles. The Labute approximate surface area is 158 Å². The first-order chi connectivity index (χ1) is 12.5. The molecule has 0 saturated carbocycles. The maximum atomic E-state index is 10.8. The highest BCUT2D eigenvalue weighted by molar-refractivity contribution is 5.76. The second-order valence-corrected chi connectivity index (χ2v) is 4.54. The molecule has 0 atom stereocenters. The second kappa shape index (κ2) is 15.9. The zero-order valence-electron chi connectivity index (χ0n) is 14.4. The molecule has 144 valence electrons. The van der Waals surface area contributed by atoms with Crippen LogP contribution in [-0.2, 0) is 9.59 Å². The molecule has 0 spiro atoms. The molecular formula is C20H23NO6. The third-order valence-electron chi connectivity index (χ3n) is 2.66. The fourth-order valence-corrected chi connectivity index (χ4v) is 1.37. The number of isocyanates is 1. The van der Waals surface area contributed by atoms with E-state index in [0.29, 0.717) is 23.3 Å². The summed E-state index contributed by atoms with van der Waals surface area (Å²) in [6.45, 7) is 1.72. The number of aromatic hydroxyl groups is 1. The molecular weight excluding hydrogens is 350 g/mol. The van der Waals surface area contributed by atoms with Crippen molar-refractivity contribution >= 4 is 24.6 Å². The van der Waals surface area contributed by atoms with Gasteiger partial charge in [-0.15, -0.1) is 0 Å². The number of phenols is 1. The predicted octanol–water partition coefficient (Wildman–Crippen LogP) is 3.61. The Morgan fingerprint density at radius 3 is 1.78 bits per heavy atom. The molecule has 0 aliphatic heterocycles. The van der Waals surface area contributed by atoms with Gasteiger partial charge in [0, 0.05) is 24.6 Å². The lowest BCUT2D eigenvalue weighted by Crippen LogP contribution is -2.05. The Balaban J connectivity index is 0. The van der Waals surface area contributed by atoms with Crippen LogP contribution in [0.4, 0.5) is 0 Å². The number of rotatable bonds is 4. The van der Waals surface area contributed by atoms with Crippen LogP contribution < -0.4 is 4.74 Å². The van der Waals surface area contributed by atoms with Crippen LogP contribution in [0.25, 0.3) is 0 Å². The minimum atomic E-state index is -0.279. The number of ether oxygens (including phenoxy) is 1. The molecule has 0 radical (unpaired) electrons. The molecule has 0 aliphatic carbocycles. The summed E-state index contributed by atoms with van der Waals surface area (Å²) in [5, 5.41) is 8.74. The first kappa shape index (κ1) is 25.7. The molecule has 2 aromatic rings. The number of carbonyl (C=O) groups is 3. The third-order valence-corrected chi connectivity index (χ3v) is 2.66. The van der Waals surface area contributed by atoms with Crippen LogP contribution in [0.5, 0.6) is 11.5 Å². The van der Waals surface area contributed by atoms with E-state index in [2.05, 4.69) is 4.99 Å². The topological polar surface area (TPSA) is 110 Å². The molecule has 2 aromatic carbocycles. The lowest BCUT2D eigenvalue weighted by molar-refractivity contribution is -0.134. The van der Waals surface area contributed by atoms with Gasteiger partial charge in [-0.3, -0.25) is 14.4 Å². The highest BCUT2D eigenvalue weighted by Gasteiger charge is 2.00. The number of phenolic OH excluding ortho intramolecular Hbond substituents is 1. The standard InChI is InChI=1S/C10H10O3.C7H6O2.C2H3NO.CH4/c1-2-10(12)13-9-5-3-8(7-11)4-6-9;8-5-6-1-3-7(9)4-2-6;1-3-2-4;/h3-7H,2H2,1H3;1-5,9H;1H3;1H4. The van der Waals surface area contributed by atoms with Gasteiger partial charge in [0.2, 0.25) is 6.08 Å². The number of esters is 1. The summed E-state index contributed by atoms with van der Waals surface area (Å²) in [6, 6.07) is 12.5. The lowest BCUT2D eigenvalue weighted by Gasteiger charge is -2.01. The van der Waals surface area contributed by atoms with Crippen molar-refractivity contribution in [2.45, 2.75) is 20.8 Å². The van der Waals surface area contributed by atoms with Crippen LogP contribution in [0, 0.1) is 0 Å². The van der Waals surface area contributed by atoms with Crippen molar-refractivity contribution in [3.8, 4) is 11.5 Å². The maximum absolute atomic E-state index is 10.8. The molecule has 1 N–H and O–H groups in total. The van der Waals surface area contributed by atoms with Crippen molar-refractivity contribution in [1.29, 1.82) is 0 Å². The van der Waals surface area contributed by atoms with E-state index < -0.39 is 0 Å². The quantitative estimate of drug-likeness (QED) is 0.288. The number of hydrogen-bond donors (Lipinski definition) is 1. The molecule has 0 heterocycles. The van der Waals surface area contributed by atoms with E-state index in [9.17, 15) is 14.4 Å². The fourth-order valence-electron chi connectivity index (χ4n) is 1.37. The number of benzene rings is 2. The number of aliphatic imine (C=N–C) groups is 1. The molecule has 2 rings (SSSR count). The van der Waals surface area contributed by atoms with Gasteiger partial charge in [0.15, 0.2) is 0 Å². The van der Waals surface area contributed by atoms with Crippen molar-refractivity contribution in [1.82, 2.24) is 0 Å². The van der Waals surface area contributed by atoms with Crippen molar-refractivity contribution in [3.63, 3.8) is 0 Å². The van der Waals surface area contributed by atoms with Crippen LogP contribution in [0.3, 0.4) is 0 Å². The van der Waals surface area contributed by atoms with Crippen molar-refractivity contribution in [2.75, 3.05) is 7.05 Å². The Bertz CT molecular complexity index is 732. The number of carbonyl (C=O) groups excluding carboxylic acids is 4. The number of nitrogens with zero attached hydrogens (tertiary/aromatic N) is 1. The molecule has 0 aromatic heterocycles. The summed E-state index contributed by atoms with van der Waals surface area (Å²) in [4.78, 5) is 43.0. The van der Waals surface area contributed by atoms with Gasteiger partial charge < -0.3 is 9.84 Å². The van der Waals surface area contributed by atoms with Crippen LogP contribution in [0.2, 0.25) is 0 Å². The van der Waals surface area contributed by atoms with Crippen LogP contribution >= 0.6 is 0 Å². The first-order valence-electron chi connectivity index (χ1n) is 7.46. The van der Waals surface area contributed by atoms with E-state index in [1.54, 1.807) is 43.3 Å². The SMILES string of the molecule is C.CCC(=O)Oc1ccc(C=O)cc1.CN=C=O.O=Cc1ccc(O)cc1. The Morgan fingerprint density at radius 2 is 1.44 bits per heavy atom. The summed E-state index contributed by atoms with van der Waals surface area (Å²) >= 11 is 0. The van der Waals surface area contributed by atoms with Gasteiger partial charge in [-0.25, -0.2) is 9.79 Å². The van der Waals surface area contributed by atoms with Gasteiger partial charge in [-0.1, -0.05) is 14.4 Å². The summed E-state index contributed by atoms with van der Waals surface area (Å²) in [6.07, 6.45) is 3.13. The summed E-state index contributed by atoms with van der Waals surface area (Å²) in [5.41, 5.74) is 1.14. The lowest BCUT2D eigenvalue weighted by atomic mass is 10.2. The van der Waals surface area contributed by atoms with E-state index in [0.717, 1.165) is 12.6 Å². The molecule has 0 aliphatic rings. The monoisotopic (exact) mass is 373 g/mol. The number of aldehydes is 2. The molecule has 27 heavy (non-hydrogen) atoms. The Hall–Kier alpha value is -3.57. The van der Waals surface area contributed by atoms with Gasteiger partial charge in [-0.2, -0.15) is 0 Å². The highest BCUT2D eigenvalue weighted by Crippen LogP contribution is 2.11. The predicted molar refractivity (Wildman–Crippen MR) is 102 cm³/mol. The van der Waals surface area contributed by atoms with Crippen molar-refractivity contribution < 1.29 is 29.0 Å². The molecule has 7 nitrogen and oxygen atoms in total. The molecule has 0 unspecified atom stereocenters. The van der Waals surface area contributed by atoms with E-state index in [1.165, 1.54) is 25.3 Å². The smallest absolute Gasteiger partial charge is 0.310 e. The third kappa shape index (κ3) is 12.4. The van der Waals surface area contributed by atoms with Gasteiger partial charge in [-0.05, 0) is 48.5 Å². The summed E-state index contributed by atoms with van der Waals surface area (Å²) in [5.74, 6) is 0.372. The van der Waals surface area contributed by atoms with E-state index in [-0.39, 0.29) is 19.1 Å². The zero-order valence-corrected chi connectivity index (χ0v) is 14.4. The largest absolute Gasteiger partial charge is 0.508 e. The zero-order chi connectivity index (χ0) is 19.8. The van der Waals surface area contributed by atoms with Crippen LogP contribution in [-0.4, -0.2) is 36.8 Å².